The van der Waals surface area contributed by atoms with Crippen molar-refractivity contribution in [2.45, 2.75) is 0 Å². The van der Waals surface area contributed by atoms with Gasteiger partial charge in [-0.25, -0.2) is 9.78 Å². The number of carbonyl (C=O) groups excluding carboxylic acids is 2. The standard InChI is InChI=1S/C16H12N2O3S2/c1-21-15(20)13-8-7-12(23-13)14(19)18-16-17-11(9-22-16)10-5-3-2-4-6-10/h2-9H,1H3,(H,17,18,19). The first kappa shape index (κ1) is 15.4. The van der Waals surface area contributed by atoms with Gasteiger partial charge in [0.2, 0.25) is 0 Å². The topological polar surface area (TPSA) is 68.3 Å². The van der Waals surface area contributed by atoms with Crippen molar-refractivity contribution in [1.29, 1.82) is 0 Å². The zero-order chi connectivity index (χ0) is 16.2. The summed E-state index contributed by atoms with van der Waals surface area (Å²) in [5.41, 5.74) is 1.81. The zero-order valence-electron chi connectivity index (χ0n) is 12.1. The smallest absolute Gasteiger partial charge is 0.348 e. The maximum Gasteiger partial charge on any atom is 0.348 e. The number of nitrogens with zero attached hydrogens (tertiary/aromatic N) is 1. The van der Waals surface area contributed by atoms with Crippen LogP contribution < -0.4 is 5.32 Å². The molecule has 7 heteroatoms. The average molecular weight is 344 g/mol. The van der Waals surface area contributed by atoms with Gasteiger partial charge in [-0.05, 0) is 12.1 Å². The van der Waals surface area contributed by atoms with Crippen molar-refractivity contribution in [3.05, 3.63) is 57.6 Å². The molecule has 1 amide bonds. The lowest BCUT2D eigenvalue weighted by Gasteiger charge is -1.98. The summed E-state index contributed by atoms with van der Waals surface area (Å²) in [6, 6.07) is 12.9. The zero-order valence-corrected chi connectivity index (χ0v) is 13.7. The third-order valence-corrected chi connectivity index (χ3v) is 4.83. The lowest BCUT2D eigenvalue weighted by molar-refractivity contribution is 0.0606. The Balaban J connectivity index is 1.72. The van der Waals surface area contributed by atoms with Crippen molar-refractivity contribution in [2.24, 2.45) is 0 Å². The molecule has 1 N–H and O–H groups in total. The predicted octanol–water partition coefficient (Wildman–Crippen LogP) is 3.91. The van der Waals surface area contributed by atoms with E-state index in [2.05, 4.69) is 15.0 Å². The lowest BCUT2D eigenvalue weighted by atomic mass is 10.2. The second kappa shape index (κ2) is 6.72. The summed E-state index contributed by atoms with van der Waals surface area (Å²) in [4.78, 5) is 28.8. The predicted molar refractivity (Wildman–Crippen MR) is 91.2 cm³/mol. The van der Waals surface area contributed by atoms with Gasteiger partial charge >= 0.3 is 5.97 Å². The van der Waals surface area contributed by atoms with E-state index in [9.17, 15) is 9.59 Å². The molecule has 0 atom stereocenters. The largest absolute Gasteiger partial charge is 0.465 e. The summed E-state index contributed by atoms with van der Waals surface area (Å²) in [7, 11) is 1.31. The van der Waals surface area contributed by atoms with Crippen molar-refractivity contribution in [2.75, 3.05) is 12.4 Å². The van der Waals surface area contributed by atoms with Gasteiger partial charge in [-0.15, -0.1) is 22.7 Å². The highest BCUT2D eigenvalue weighted by molar-refractivity contribution is 7.16. The van der Waals surface area contributed by atoms with E-state index in [0.29, 0.717) is 14.9 Å². The number of benzene rings is 1. The van der Waals surface area contributed by atoms with Gasteiger partial charge in [0.25, 0.3) is 5.91 Å². The Hall–Kier alpha value is -2.51. The van der Waals surface area contributed by atoms with Crippen molar-refractivity contribution in [3.63, 3.8) is 0 Å². The van der Waals surface area contributed by atoms with Crippen LogP contribution in [0.2, 0.25) is 0 Å². The second-order valence-corrected chi connectivity index (χ2v) is 6.46. The van der Waals surface area contributed by atoms with Gasteiger partial charge < -0.3 is 4.74 Å². The molecule has 0 fully saturated rings. The van der Waals surface area contributed by atoms with E-state index in [1.54, 1.807) is 12.1 Å². The average Bonchev–Trinajstić information content (AvgIpc) is 3.24. The van der Waals surface area contributed by atoms with Gasteiger partial charge in [0.1, 0.15) is 4.88 Å². The molecule has 3 aromatic rings. The molecule has 0 radical (unpaired) electrons. The first-order chi connectivity index (χ1) is 11.2. The van der Waals surface area contributed by atoms with Crippen LogP contribution in [0.4, 0.5) is 5.13 Å². The Morgan fingerprint density at radius 2 is 1.83 bits per heavy atom. The number of anilines is 1. The Labute approximate surface area is 140 Å². The molecule has 23 heavy (non-hydrogen) atoms. The lowest BCUT2D eigenvalue weighted by Crippen LogP contribution is -2.09. The van der Waals surface area contributed by atoms with Crippen LogP contribution in [0, 0.1) is 0 Å². The summed E-state index contributed by atoms with van der Waals surface area (Å²) < 4.78 is 4.63. The SMILES string of the molecule is COC(=O)c1ccc(C(=O)Nc2nc(-c3ccccc3)cs2)s1. The first-order valence-corrected chi connectivity index (χ1v) is 8.37. The molecule has 2 aromatic heterocycles. The molecule has 0 aliphatic carbocycles. The van der Waals surface area contributed by atoms with Crippen molar-refractivity contribution in [3.8, 4) is 11.3 Å². The number of nitrogens with one attached hydrogen (secondary N) is 1. The van der Waals surface area contributed by atoms with E-state index in [1.807, 2.05) is 35.7 Å². The monoisotopic (exact) mass is 344 g/mol. The number of aromatic nitrogens is 1. The van der Waals surface area contributed by atoms with E-state index >= 15 is 0 Å². The molecule has 5 nitrogen and oxygen atoms in total. The van der Waals surface area contributed by atoms with Gasteiger partial charge in [0.05, 0.1) is 17.7 Å². The van der Waals surface area contributed by atoms with E-state index < -0.39 is 5.97 Å². The third kappa shape index (κ3) is 3.46. The van der Waals surface area contributed by atoms with Crippen LogP contribution >= 0.6 is 22.7 Å². The van der Waals surface area contributed by atoms with Crippen LogP contribution in [0.5, 0.6) is 0 Å². The highest BCUT2D eigenvalue weighted by Gasteiger charge is 2.15. The number of ether oxygens (including phenoxy) is 1. The van der Waals surface area contributed by atoms with Gasteiger partial charge in [-0.3, -0.25) is 10.1 Å². The molecular weight excluding hydrogens is 332 g/mol. The van der Waals surface area contributed by atoms with Crippen molar-refractivity contribution < 1.29 is 14.3 Å². The number of thiazole rings is 1. The van der Waals surface area contributed by atoms with Gasteiger partial charge in [0.15, 0.2) is 5.13 Å². The van der Waals surface area contributed by atoms with E-state index in [0.717, 1.165) is 22.6 Å². The van der Waals surface area contributed by atoms with Crippen LogP contribution in [0.3, 0.4) is 0 Å². The molecule has 0 bridgehead atoms. The molecule has 0 aliphatic rings. The van der Waals surface area contributed by atoms with Crippen LogP contribution in [0.15, 0.2) is 47.8 Å². The summed E-state index contributed by atoms with van der Waals surface area (Å²) >= 11 is 2.44. The second-order valence-electron chi connectivity index (χ2n) is 4.51. The van der Waals surface area contributed by atoms with E-state index in [4.69, 9.17) is 0 Å². The molecule has 0 spiro atoms. The number of hydrogen-bond donors (Lipinski definition) is 1. The van der Waals surface area contributed by atoms with Crippen LogP contribution in [-0.4, -0.2) is 24.0 Å². The molecule has 0 saturated carbocycles. The highest BCUT2D eigenvalue weighted by Crippen LogP contribution is 2.26. The van der Waals surface area contributed by atoms with Gasteiger partial charge in [0, 0.05) is 10.9 Å². The molecule has 0 aliphatic heterocycles. The number of rotatable bonds is 4. The van der Waals surface area contributed by atoms with E-state index in [-0.39, 0.29) is 5.91 Å². The summed E-state index contributed by atoms with van der Waals surface area (Å²) in [5.74, 6) is -0.742. The highest BCUT2D eigenvalue weighted by atomic mass is 32.1. The molecule has 2 heterocycles. The van der Waals surface area contributed by atoms with Crippen LogP contribution in [0.25, 0.3) is 11.3 Å². The van der Waals surface area contributed by atoms with Crippen molar-refractivity contribution >= 4 is 39.7 Å². The molecular formula is C16H12N2O3S2. The minimum absolute atomic E-state index is 0.292. The maximum absolute atomic E-state index is 12.2. The van der Waals surface area contributed by atoms with Crippen molar-refractivity contribution in [1.82, 2.24) is 4.98 Å². The minimum Gasteiger partial charge on any atom is -0.465 e. The van der Waals surface area contributed by atoms with Gasteiger partial charge in [-0.1, -0.05) is 30.3 Å². The quantitative estimate of drug-likeness (QED) is 0.729. The third-order valence-electron chi connectivity index (χ3n) is 3.01. The Morgan fingerprint density at radius 3 is 2.57 bits per heavy atom. The number of carbonyl (C=O) groups is 2. The Bertz CT molecular complexity index is 840. The summed E-state index contributed by atoms with van der Waals surface area (Å²) in [6.07, 6.45) is 0. The molecule has 116 valence electrons. The first-order valence-electron chi connectivity index (χ1n) is 6.68. The molecule has 3 rings (SSSR count). The molecule has 1 aromatic carbocycles. The maximum atomic E-state index is 12.2. The van der Waals surface area contributed by atoms with Crippen LogP contribution in [-0.2, 0) is 4.74 Å². The minimum atomic E-state index is -0.449. The number of hydrogen-bond acceptors (Lipinski definition) is 6. The Kier molecular flexibility index (Phi) is 4.50. The number of amides is 1. The fourth-order valence-electron chi connectivity index (χ4n) is 1.90. The van der Waals surface area contributed by atoms with Crippen LogP contribution in [0.1, 0.15) is 19.3 Å². The normalized spacial score (nSPS) is 10.3. The summed E-state index contributed by atoms with van der Waals surface area (Å²) in [6.45, 7) is 0. The number of methoxy groups -OCH3 is 1. The number of thiophene rings is 1. The molecule has 0 unspecified atom stereocenters. The molecule has 0 saturated heterocycles. The summed E-state index contributed by atoms with van der Waals surface area (Å²) in [5, 5.41) is 5.15. The van der Waals surface area contributed by atoms with E-state index in [1.165, 1.54) is 18.4 Å². The fraction of sp³-hybridized carbons (Fsp3) is 0.0625. The van der Waals surface area contributed by atoms with Gasteiger partial charge in [-0.2, -0.15) is 0 Å². The number of esters is 1. The fourth-order valence-corrected chi connectivity index (χ4v) is 3.44. The Morgan fingerprint density at radius 1 is 1.09 bits per heavy atom.